The molecule has 1 fully saturated rings. The molecule has 1 atom stereocenters. The normalized spacial score (nSPS) is 19.4. The minimum atomic E-state index is -0.476. The minimum absolute atomic E-state index is 0.416. The summed E-state index contributed by atoms with van der Waals surface area (Å²) in [6.45, 7) is 6.64. The summed E-state index contributed by atoms with van der Waals surface area (Å²) >= 11 is 0. The van der Waals surface area contributed by atoms with Gasteiger partial charge in [0.1, 0.15) is 5.60 Å². The van der Waals surface area contributed by atoms with Crippen LogP contribution in [0.3, 0.4) is 0 Å². The van der Waals surface area contributed by atoms with Gasteiger partial charge in [0.25, 0.3) is 0 Å². The van der Waals surface area contributed by atoms with Gasteiger partial charge in [-0.15, -0.1) is 0 Å². The Labute approximate surface area is 120 Å². The maximum absolute atomic E-state index is 11.7. The maximum atomic E-state index is 11.7. The highest BCUT2D eigenvalue weighted by molar-refractivity contribution is 5.84. The fraction of sp³-hybridized carbons (Fsp3) is 0.562. The van der Waals surface area contributed by atoms with Gasteiger partial charge in [0, 0.05) is 11.7 Å². The summed E-state index contributed by atoms with van der Waals surface area (Å²) in [6, 6.07) is 8.43. The zero-order chi connectivity index (χ0) is 14.6. The standard InChI is InChI=1S/C16H24N2O2/c1-16(2,3)20-15(19)18-13-9-7-12(8-10-13)14-6-4-5-11-17-14/h7-10,14,17H,4-6,11H2,1-3H3,(H,18,19)/t14-/m1/s1. The number of carbonyl (C=O) groups is 1. The molecule has 1 aliphatic rings. The zero-order valence-corrected chi connectivity index (χ0v) is 12.5. The van der Waals surface area contributed by atoms with E-state index in [0.717, 1.165) is 12.2 Å². The third-order valence-corrected chi connectivity index (χ3v) is 3.27. The Kier molecular flexibility index (Phi) is 4.65. The second-order valence-corrected chi connectivity index (χ2v) is 6.25. The van der Waals surface area contributed by atoms with Gasteiger partial charge in [0.05, 0.1) is 0 Å². The Morgan fingerprint density at radius 2 is 1.95 bits per heavy atom. The van der Waals surface area contributed by atoms with Crippen molar-refractivity contribution in [3.63, 3.8) is 0 Å². The second-order valence-electron chi connectivity index (χ2n) is 6.25. The fourth-order valence-electron chi connectivity index (χ4n) is 2.36. The van der Waals surface area contributed by atoms with Gasteiger partial charge in [-0.25, -0.2) is 4.79 Å². The van der Waals surface area contributed by atoms with Crippen LogP contribution in [0, 0.1) is 0 Å². The largest absolute Gasteiger partial charge is 0.444 e. The smallest absolute Gasteiger partial charge is 0.412 e. The van der Waals surface area contributed by atoms with Crippen LogP contribution in [-0.2, 0) is 4.74 Å². The van der Waals surface area contributed by atoms with E-state index in [-0.39, 0.29) is 0 Å². The van der Waals surface area contributed by atoms with Crippen LogP contribution in [-0.4, -0.2) is 18.2 Å². The molecule has 1 aromatic rings. The first kappa shape index (κ1) is 14.9. The third-order valence-electron chi connectivity index (χ3n) is 3.27. The maximum Gasteiger partial charge on any atom is 0.412 e. The van der Waals surface area contributed by atoms with Crippen LogP contribution in [0.1, 0.15) is 51.6 Å². The number of nitrogens with one attached hydrogen (secondary N) is 2. The molecule has 0 spiro atoms. The molecule has 20 heavy (non-hydrogen) atoms. The molecule has 0 unspecified atom stereocenters. The molecule has 0 aliphatic carbocycles. The Bertz CT molecular complexity index is 443. The number of carbonyl (C=O) groups excluding carboxylic acids is 1. The van der Waals surface area contributed by atoms with E-state index >= 15 is 0 Å². The van der Waals surface area contributed by atoms with E-state index in [9.17, 15) is 4.79 Å². The molecule has 0 aromatic heterocycles. The van der Waals surface area contributed by atoms with Crippen molar-refractivity contribution in [2.75, 3.05) is 11.9 Å². The van der Waals surface area contributed by atoms with Gasteiger partial charge in [-0.3, -0.25) is 5.32 Å². The molecule has 1 amide bonds. The summed E-state index contributed by atoms with van der Waals surface area (Å²) in [5.74, 6) is 0. The number of hydrogen-bond donors (Lipinski definition) is 2. The van der Waals surface area contributed by atoms with E-state index in [0.29, 0.717) is 6.04 Å². The predicted molar refractivity (Wildman–Crippen MR) is 80.9 cm³/mol. The first-order chi connectivity index (χ1) is 9.44. The minimum Gasteiger partial charge on any atom is -0.444 e. The van der Waals surface area contributed by atoms with Crippen molar-refractivity contribution in [1.82, 2.24) is 5.32 Å². The monoisotopic (exact) mass is 276 g/mol. The SMILES string of the molecule is CC(C)(C)OC(=O)Nc1ccc([C@H]2CCCCN2)cc1. The summed E-state index contributed by atoms with van der Waals surface area (Å²) < 4.78 is 5.23. The average Bonchev–Trinajstić information content (AvgIpc) is 2.38. The van der Waals surface area contributed by atoms with Gasteiger partial charge >= 0.3 is 6.09 Å². The molecular formula is C16H24N2O2. The highest BCUT2D eigenvalue weighted by atomic mass is 16.6. The summed E-state index contributed by atoms with van der Waals surface area (Å²) in [5, 5.41) is 6.26. The predicted octanol–water partition coefficient (Wildman–Crippen LogP) is 3.85. The van der Waals surface area contributed by atoms with Crippen LogP contribution in [0.2, 0.25) is 0 Å². The van der Waals surface area contributed by atoms with E-state index in [4.69, 9.17) is 4.74 Å². The van der Waals surface area contributed by atoms with Crippen LogP contribution in [0.4, 0.5) is 10.5 Å². The van der Waals surface area contributed by atoms with Gasteiger partial charge in [-0.05, 0) is 57.9 Å². The van der Waals surface area contributed by atoms with Gasteiger partial charge in [-0.2, -0.15) is 0 Å². The van der Waals surface area contributed by atoms with Crippen LogP contribution >= 0.6 is 0 Å². The third kappa shape index (κ3) is 4.53. The molecule has 0 radical (unpaired) electrons. The number of piperidine rings is 1. The van der Waals surface area contributed by atoms with E-state index in [1.807, 2.05) is 32.9 Å². The van der Waals surface area contributed by atoms with Gasteiger partial charge in [0.15, 0.2) is 0 Å². The lowest BCUT2D eigenvalue weighted by Gasteiger charge is -2.24. The number of ether oxygens (including phenoxy) is 1. The lowest BCUT2D eigenvalue weighted by molar-refractivity contribution is 0.0636. The van der Waals surface area contributed by atoms with Crippen LogP contribution in [0.15, 0.2) is 24.3 Å². The molecule has 4 nitrogen and oxygen atoms in total. The molecule has 2 N–H and O–H groups in total. The Morgan fingerprint density at radius 1 is 1.25 bits per heavy atom. The molecule has 110 valence electrons. The Hall–Kier alpha value is -1.55. The van der Waals surface area contributed by atoms with Crippen LogP contribution < -0.4 is 10.6 Å². The highest BCUT2D eigenvalue weighted by Gasteiger charge is 2.17. The number of benzene rings is 1. The molecule has 0 saturated carbocycles. The van der Waals surface area contributed by atoms with E-state index in [2.05, 4.69) is 22.8 Å². The van der Waals surface area contributed by atoms with Gasteiger partial charge in [-0.1, -0.05) is 18.6 Å². The molecule has 1 saturated heterocycles. The Morgan fingerprint density at radius 3 is 2.50 bits per heavy atom. The number of hydrogen-bond acceptors (Lipinski definition) is 3. The van der Waals surface area contributed by atoms with Crippen molar-refractivity contribution in [1.29, 1.82) is 0 Å². The molecule has 1 heterocycles. The molecule has 2 rings (SSSR count). The lowest BCUT2D eigenvalue weighted by atomic mass is 9.97. The van der Waals surface area contributed by atoms with E-state index < -0.39 is 11.7 Å². The molecule has 1 aromatic carbocycles. The first-order valence-corrected chi connectivity index (χ1v) is 7.27. The first-order valence-electron chi connectivity index (χ1n) is 7.27. The molecule has 0 bridgehead atoms. The lowest BCUT2D eigenvalue weighted by Crippen LogP contribution is -2.27. The zero-order valence-electron chi connectivity index (χ0n) is 12.5. The van der Waals surface area contributed by atoms with Crippen molar-refractivity contribution in [2.45, 2.75) is 51.7 Å². The number of amides is 1. The summed E-state index contributed by atoms with van der Waals surface area (Å²) in [7, 11) is 0. The van der Waals surface area contributed by atoms with Crippen molar-refractivity contribution in [3.05, 3.63) is 29.8 Å². The van der Waals surface area contributed by atoms with Gasteiger partial charge < -0.3 is 10.1 Å². The molecular weight excluding hydrogens is 252 g/mol. The fourth-order valence-corrected chi connectivity index (χ4v) is 2.36. The van der Waals surface area contributed by atoms with Crippen molar-refractivity contribution < 1.29 is 9.53 Å². The van der Waals surface area contributed by atoms with Gasteiger partial charge in [0.2, 0.25) is 0 Å². The quantitative estimate of drug-likeness (QED) is 0.862. The topological polar surface area (TPSA) is 50.4 Å². The number of anilines is 1. The van der Waals surface area contributed by atoms with Crippen LogP contribution in [0.25, 0.3) is 0 Å². The second kappa shape index (κ2) is 6.27. The highest BCUT2D eigenvalue weighted by Crippen LogP contribution is 2.24. The summed E-state index contributed by atoms with van der Waals surface area (Å²) in [4.78, 5) is 11.7. The van der Waals surface area contributed by atoms with E-state index in [1.54, 1.807) is 0 Å². The van der Waals surface area contributed by atoms with Crippen molar-refractivity contribution in [3.8, 4) is 0 Å². The van der Waals surface area contributed by atoms with Crippen LogP contribution in [0.5, 0.6) is 0 Å². The van der Waals surface area contributed by atoms with E-state index in [1.165, 1.54) is 24.8 Å². The molecule has 4 heteroatoms. The van der Waals surface area contributed by atoms with Crippen molar-refractivity contribution in [2.24, 2.45) is 0 Å². The molecule has 1 aliphatic heterocycles. The van der Waals surface area contributed by atoms with Crippen molar-refractivity contribution >= 4 is 11.8 Å². The summed E-state index contributed by atoms with van der Waals surface area (Å²) in [6.07, 6.45) is 3.30. The Balaban J connectivity index is 1.92. The number of rotatable bonds is 2. The summed E-state index contributed by atoms with van der Waals surface area (Å²) in [5.41, 5.74) is 1.56. The average molecular weight is 276 g/mol.